The fourth-order valence-electron chi connectivity index (χ4n) is 1.66. The van der Waals surface area contributed by atoms with Crippen molar-refractivity contribution in [1.29, 1.82) is 0 Å². The van der Waals surface area contributed by atoms with Crippen LogP contribution in [0, 0.1) is 5.92 Å². The molecule has 0 unspecified atom stereocenters. The van der Waals surface area contributed by atoms with Crippen LogP contribution in [0.5, 0.6) is 0 Å². The van der Waals surface area contributed by atoms with E-state index in [0.29, 0.717) is 0 Å². The van der Waals surface area contributed by atoms with Gasteiger partial charge in [-0.15, -0.1) is 0 Å². The molecule has 0 radical (unpaired) electrons. The van der Waals surface area contributed by atoms with Crippen LogP contribution in [0.4, 0.5) is 0 Å². The van der Waals surface area contributed by atoms with Gasteiger partial charge in [0.1, 0.15) is 0 Å². The van der Waals surface area contributed by atoms with Crippen LogP contribution in [0.15, 0.2) is 0 Å². The first kappa shape index (κ1) is 10.9. The molecule has 1 aliphatic heterocycles. The number of likely N-dealkylation sites (tertiary alicyclic amines) is 1. The molecule has 2 nitrogen and oxygen atoms in total. The van der Waals surface area contributed by atoms with Crippen molar-refractivity contribution < 1.29 is 5.48 Å². The Kier molecular flexibility index (Phi) is 5.51. The molecule has 11 heavy (non-hydrogen) atoms. The van der Waals surface area contributed by atoms with Gasteiger partial charge in [0, 0.05) is 6.54 Å². The lowest BCUT2D eigenvalue weighted by atomic mass is 10.1. The molecular weight excluding hydrogens is 138 g/mol. The second-order valence-corrected chi connectivity index (χ2v) is 3.76. The average Bonchev–Trinajstić information content (AvgIpc) is 1.88. The van der Waals surface area contributed by atoms with Crippen molar-refractivity contribution in [3.05, 3.63) is 0 Å². The third-order valence-electron chi connectivity index (χ3n) is 2.07. The Morgan fingerprint density at radius 3 is 2.09 bits per heavy atom. The standard InChI is InChI=1S/C9H19N.H2O/c1-9(2)8-10-6-4-3-5-7-10;/h9H,3-8H2,1-2H3;1H2. The van der Waals surface area contributed by atoms with E-state index in [4.69, 9.17) is 0 Å². The second kappa shape index (κ2) is 5.56. The van der Waals surface area contributed by atoms with Crippen LogP contribution in [0.25, 0.3) is 0 Å². The molecule has 68 valence electrons. The van der Waals surface area contributed by atoms with Gasteiger partial charge >= 0.3 is 0 Å². The summed E-state index contributed by atoms with van der Waals surface area (Å²) < 4.78 is 0. The smallest absolute Gasteiger partial charge is 0.000438 e. The van der Waals surface area contributed by atoms with Gasteiger partial charge in [0.05, 0.1) is 0 Å². The number of hydrogen-bond acceptors (Lipinski definition) is 1. The molecule has 0 spiro atoms. The zero-order valence-corrected chi connectivity index (χ0v) is 7.77. The zero-order valence-electron chi connectivity index (χ0n) is 7.77. The largest absolute Gasteiger partial charge is 0.412 e. The van der Waals surface area contributed by atoms with E-state index in [9.17, 15) is 0 Å². The van der Waals surface area contributed by atoms with Gasteiger partial charge in [-0.05, 0) is 31.8 Å². The van der Waals surface area contributed by atoms with Gasteiger partial charge in [-0.25, -0.2) is 0 Å². The minimum absolute atomic E-state index is 0. The lowest BCUT2D eigenvalue weighted by Crippen LogP contribution is -2.32. The van der Waals surface area contributed by atoms with Gasteiger partial charge in [0.2, 0.25) is 0 Å². The molecule has 1 rings (SSSR count). The molecule has 1 heterocycles. The van der Waals surface area contributed by atoms with Crippen molar-refractivity contribution in [1.82, 2.24) is 4.90 Å². The third-order valence-corrected chi connectivity index (χ3v) is 2.07. The Balaban J connectivity index is 0.000001000. The predicted molar refractivity (Wildman–Crippen MR) is 48.7 cm³/mol. The molecule has 0 aromatic heterocycles. The van der Waals surface area contributed by atoms with Crippen molar-refractivity contribution in [3.63, 3.8) is 0 Å². The van der Waals surface area contributed by atoms with Crippen LogP contribution in [0.2, 0.25) is 0 Å². The molecule has 0 saturated carbocycles. The minimum atomic E-state index is 0. The number of nitrogens with zero attached hydrogens (tertiary/aromatic N) is 1. The van der Waals surface area contributed by atoms with Crippen LogP contribution in [-0.4, -0.2) is 30.0 Å². The first-order chi connectivity index (χ1) is 4.79. The van der Waals surface area contributed by atoms with Crippen molar-refractivity contribution in [3.8, 4) is 0 Å². The summed E-state index contributed by atoms with van der Waals surface area (Å²) in [6, 6.07) is 0. The van der Waals surface area contributed by atoms with Gasteiger partial charge in [-0.1, -0.05) is 20.3 Å². The fraction of sp³-hybridized carbons (Fsp3) is 1.00. The fourth-order valence-corrected chi connectivity index (χ4v) is 1.66. The highest BCUT2D eigenvalue weighted by atomic mass is 16.0. The van der Waals surface area contributed by atoms with Crippen molar-refractivity contribution in [2.75, 3.05) is 19.6 Å². The summed E-state index contributed by atoms with van der Waals surface area (Å²) in [5, 5.41) is 0. The van der Waals surface area contributed by atoms with Crippen LogP contribution >= 0.6 is 0 Å². The van der Waals surface area contributed by atoms with Crippen LogP contribution in [-0.2, 0) is 0 Å². The lowest BCUT2D eigenvalue weighted by molar-refractivity contribution is 0.206. The van der Waals surface area contributed by atoms with Crippen molar-refractivity contribution >= 4 is 0 Å². The average molecular weight is 159 g/mol. The highest BCUT2D eigenvalue weighted by molar-refractivity contribution is 4.65. The molecule has 0 aromatic rings. The maximum absolute atomic E-state index is 2.59. The summed E-state index contributed by atoms with van der Waals surface area (Å²) in [5.41, 5.74) is 0. The van der Waals surface area contributed by atoms with Gasteiger partial charge < -0.3 is 10.4 Å². The van der Waals surface area contributed by atoms with Crippen LogP contribution in [0.3, 0.4) is 0 Å². The first-order valence-electron chi connectivity index (χ1n) is 4.51. The van der Waals surface area contributed by atoms with Crippen LogP contribution < -0.4 is 0 Å². The van der Waals surface area contributed by atoms with Crippen molar-refractivity contribution in [2.24, 2.45) is 5.92 Å². The maximum Gasteiger partial charge on any atom is 0.000438 e. The zero-order chi connectivity index (χ0) is 7.40. The lowest BCUT2D eigenvalue weighted by Gasteiger charge is -2.27. The quantitative estimate of drug-likeness (QED) is 0.598. The summed E-state index contributed by atoms with van der Waals surface area (Å²) in [6.07, 6.45) is 4.30. The normalized spacial score (nSPS) is 19.9. The molecular formula is C9H21NO. The highest BCUT2D eigenvalue weighted by Crippen LogP contribution is 2.09. The van der Waals surface area contributed by atoms with Gasteiger partial charge in [-0.2, -0.15) is 0 Å². The molecule has 0 bridgehead atoms. The first-order valence-corrected chi connectivity index (χ1v) is 4.51. The van der Waals surface area contributed by atoms with Gasteiger partial charge in [0.25, 0.3) is 0 Å². The Morgan fingerprint density at radius 2 is 1.64 bits per heavy atom. The maximum atomic E-state index is 2.59. The second-order valence-electron chi connectivity index (χ2n) is 3.76. The summed E-state index contributed by atoms with van der Waals surface area (Å²) in [4.78, 5) is 2.59. The third kappa shape index (κ3) is 4.38. The van der Waals surface area contributed by atoms with E-state index in [1.165, 1.54) is 38.9 Å². The van der Waals surface area contributed by atoms with Crippen molar-refractivity contribution in [2.45, 2.75) is 33.1 Å². The highest BCUT2D eigenvalue weighted by Gasteiger charge is 2.10. The molecule has 1 fully saturated rings. The van der Waals surface area contributed by atoms with E-state index >= 15 is 0 Å². The van der Waals surface area contributed by atoms with E-state index in [2.05, 4.69) is 18.7 Å². The summed E-state index contributed by atoms with van der Waals surface area (Å²) >= 11 is 0. The van der Waals surface area contributed by atoms with E-state index in [1.807, 2.05) is 0 Å². The molecule has 2 N–H and O–H groups in total. The summed E-state index contributed by atoms with van der Waals surface area (Å²) in [6.45, 7) is 8.60. The van der Waals surface area contributed by atoms with E-state index < -0.39 is 0 Å². The molecule has 1 saturated heterocycles. The van der Waals surface area contributed by atoms with Gasteiger partial charge in [0.15, 0.2) is 0 Å². The molecule has 1 aliphatic rings. The number of rotatable bonds is 2. The number of piperidine rings is 1. The topological polar surface area (TPSA) is 34.7 Å². The molecule has 0 atom stereocenters. The van der Waals surface area contributed by atoms with Crippen LogP contribution in [0.1, 0.15) is 33.1 Å². The molecule has 2 heteroatoms. The Morgan fingerprint density at radius 1 is 1.09 bits per heavy atom. The minimum Gasteiger partial charge on any atom is -0.412 e. The monoisotopic (exact) mass is 159 g/mol. The Labute approximate surface area is 69.9 Å². The molecule has 0 aromatic carbocycles. The Bertz CT molecular complexity index is 87.6. The van der Waals surface area contributed by atoms with E-state index in [0.717, 1.165) is 5.92 Å². The predicted octanol–water partition coefficient (Wildman–Crippen LogP) is 1.30. The summed E-state index contributed by atoms with van der Waals surface area (Å²) in [5.74, 6) is 0.845. The SMILES string of the molecule is CC(C)CN1CCCCC1.O. The number of hydrogen-bond donors (Lipinski definition) is 0. The van der Waals surface area contributed by atoms with Gasteiger partial charge in [-0.3, -0.25) is 0 Å². The molecule has 0 aliphatic carbocycles. The summed E-state index contributed by atoms with van der Waals surface area (Å²) in [7, 11) is 0. The molecule has 0 amide bonds. The van der Waals surface area contributed by atoms with E-state index in [1.54, 1.807) is 0 Å². The Hall–Kier alpha value is -0.0800. The van der Waals surface area contributed by atoms with E-state index in [-0.39, 0.29) is 5.48 Å².